The fraction of sp³-hybridized carbons (Fsp3) is 0.222. The molecule has 0 saturated carbocycles. The van der Waals surface area contributed by atoms with Gasteiger partial charge < -0.3 is 11.1 Å². The monoisotopic (exact) mass is 345 g/mol. The van der Waals surface area contributed by atoms with Crippen molar-refractivity contribution in [1.82, 2.24) is 10.2 Å². The van der Waals surface area contributed by atoms with Crippen LogP contribution in [0.25, 0.3) is 0 Å². The van der Waals surface area contributed by atoms with Gasteiger partial charge in [0, 0.05) is 5.02 Å². The van der Waals surface area contributed by atoms with E-state index in [2.05, 4.69) is 5.32 Å². The predicted molar refractivity (Wildman–Crippen MR) is 94.6 cm³/mol. The zero-order valence-corrected chi connectivity index (χ0v) is 14.2. The number of likely N-dealkylation sites (N-methyl/N-ethyl adjacent to an activating group) is 1. The lowest BCUT2D eigenvalue weighted by Crippen LogP contribution is -2.40. The third-order valence-corrected chi connectivity index (χ3v) is 3.69. The lowest BCUT2D eigenvalue weighted by atomic mass is 9.98. The highest BCUT2D eigenvalue weighted by Crippen LogP contribution is 2.24. The minimum atomic E-state index is -0.472. The number of nitrogens with zero attached hydrogens (tertiary/aromatic N) is 1. The van der Waals surface area contributed by atoms with E-state index in [9.17, 15) is 9.59 Å². The number of rotatable bonds is 7. The smallest absolute Gasteiger partial charge is 0.234 e. The molecule has 0 unspecified atom stereocenters. The molecule has 0 bridgehead atoms. The maximum Gasteiger partial charge on any atom is 0.234 e. The number of nitrogens with one attached hydrogen (secondary N) is 1. The summed E-state index contributed by atoms with van der Waals surface area (Å²) in [6.07, 6.45) is 0. The molecule has 0 saturated heterocycles. The minimum Gasteiger partial charge on any atom is -0.369 e. The third kappa shape index (κ3) is 5.37. The Hall–Kier alpha value is -2.37. The molecule has 0 aliphatic carbocycles. The Balaban J connectivity index is 2.18. The van der Waals surface area contributed by atoms with Crippen molar-refractivity contribution < 1.29 is 9.59 Å². The number of hydrogen-bond acceptors (Lipinski definition) is 3. The summed E-state index contributed by atoms with van der Waals surface area (Å²) in [6.45, 7) is 0.105. The van der Waals surface area contributed by atoms with Crippen LogP contribution >= 0.6 is 11.6 Å². The van der Waals surface area contributed by atoms with E-state index in [1.165, 1.54) is 0 Å². The summed E-state index contributed by atoms with van der Waals surface area (Å²) in [4.78, 5) is 24.8. The standard InChI is InChI=1S/C18H20ClN3O2/c1-22(11-16(20)23)12-17(24)21-18(13-6-3-2-4-7-13)14-8-5-9-15(19)10-14/h2-10,18H,11-12H2,1H3,(H2,20,23)(H,21,24)/t18-/m1/s1. The van der Waals surface area contributed by atoms with Crippen LogP contribution in [0.4, 0.5) is 0 Å². The van der Waals surface area contributed by atoms with Crippen LogP contribution < -0.4 is 11.1 Å². The molecule has 5 nitrogen and oxygen atoms in total. The van der Waals surface area contributed by atoms with Gasteiger partial charge in [-0.25, -0.2) is 0 Å². The highest BCUT2D eigenvalue weighted by atomic mass is 35.5. The summed E-state index contributed by atoms with van der Waals surface area (Å²) in [5, 5.41) is 3.59. The maximum atomic E-state index is 12.3. The molecule has 0 aliphatic rings. The minimum absolute atomic E-state index is 0.0284. The molecule has 24 heavy (non-hydrogen) atoms. The molecule has 126 valence electrons. The van der Waals surface area contributed by atoms with Crippen LogP contribution in [0.2, 0.25) is 5.02 Å². The zero-order valence-electron chi connectivity index (χ0n) is 13.4. The Labute approximate surface area is 146 Å². The van der Waals surface area contributed by atoms with Crippen molar-refractivity contribution in [3.05, 3.63) is 70.7 Å². The summed E-state index contributed by atoms with van der Waals surface area (Å²) in [7, 11) is 1.67. The van der Waals surface area contributed by atoms with Gasteiger partial charge in [0.2, 0.25) is 11.8 Å². The first-order valence-corrected chi connectivity index (χ1v) is 7.90. The highest BCUT2D eigenvalue weighted by molar-refractivity contribution is 6.30. The quantitative estimate of drug-likeness (QED) is 0.805. The van der Waals surface area contributed by atoms with Gasteiger partial charge >= 0.3 is 0 Å². The van der Waals surface area contributed by atoms with E-state index in [0.29, 0.717) is 5.02 Å². The van der Waals surface area contributed by atoms with Crippen LogP contribution in [0.1, 0.15) is 17.2 Å². The van der Waals surface area contributed by atoms with Gasteiger partial charge in [0.25, 0.3) is 0 Å². The van der Waals surface area contributed by atoms with Crippen molar-refractivity contribution in [3.8, 4) is 0 Å². The molecular weight excluding hydrogens is 326 g/mol. The van der Waals surface area contributed by atoms with Gasteiger partial charge in [-0.15, -0.1) is 0 Å². The Morgan fingerprint density at radius 2 is 1.75 bits per heavy atom. The molecule has 0 aromatic heterocycles. The number of nitrogens with two attached hydrogens (primary N) is 1. The van der Waals surface area contributed by atoms with Gasteiger partial charge in [0.05, 0.1) is 19.1 Å². The number of primary amides is 1. The Morgan fingerprint density at radius 1 is 1.08 bits per heavy atom. The van der Waals surface area contributed by atoms with Crippen LogP contribution in [-0.4, -0.2) is 36.9 Å². The fourth-order valence-corrected chi connectivity index (χ4v) is 2.66. The highest BCUT2D eigenvalue weighted by Gasteiger charge is 2.18. The van der Waals surface area contributed by atoms with Gasteiger partial charge in [-0.3, -0.25) is 14.5 Å². The molecular formula is C18H20ClN3O2. The van der Waals surface area contributed by atoms with Gasteiger partial charge in [-0.1, -0.05) is 54.1 Å². The molecule has 1 atom stereocenters. The molecule has 2 aromatic rings. The van der Waals surface area contributed by atoms with Crippen molar-refractivity contribution >= 4 is 23.4 Å². The van der Waals surface area contributed by atoms with Crippen molar-refractivity contribution in [1.29, 1.82) is 0 Å². The molecule has 2 rings (SSSR count). The lowest BCUT2D eigenvalue weighted by molar-refractivity contribution is -0.123. The van der Waals surface area contributed by atoms with E-state index in [4.69, 9.17) is 17.3 Å². The van der Waals surface area contributed by atoms with Crippen molar-refractivity contribution in [2.45, 2.75) is 6.04 Å². The fourth-order valence-electron chi connectivity index (χ4n) is 2.46. The van der Waals surface area contributed by atoms with Crippen LogP contribution in [0.5, 0.6) is 0 Å². The van der Waals surface area contributed by atoms with Gasteiger partial charge in [0.1, 0.15) is 0 Å². The Morgan fingerprint density at radius 3 is 2.38 bits per heavy atom. The second kappa shape index (κ2) is 8.47. The van der Waals surface area contributed by atoms with Gasteiger partial charge in [-0.2, -0.15) is 0 Å². The van der Waals surface area contributed by atoms with Crippen LogP contribution in [0, 0.1) is 0 Å². The topological polar surface area (TPSA) is 75.4 Å². The Bertz CT molecular complexity index is 706. The molecule has 0 radical (unpaired) electrons. The first-order chi connectivity index (χ1) is 11.5. The van der Waals surface area contributed by atoms with Crippen molar-refractivity contribution in [3.63, 3.8) is 0 Å². The van der Waals surface area contributed by atoms with Crippen molar-refractivity contribution in [2.75, 3.05) is 20.1 Å². The first-order valence-electron chi connectivity index (χ1n) is 7.52. The summed E-state index contributed by atoms with van der Waals surface area (Å²) in [5.74, 6) is -0.674. The van der Waals surface area contributed by atoms with Crippen LogP contribution in [0.15, 0.2) is 54.6 Å². The second-order valence-corrected chi connectivity index (χ2v) is 6.04. The summed E-state index contributed by atoms with van der Waals surface area (Å²) in [5.41, 5.74) is 6.98. The molecule has 2 amide bonds. The molecule has 3 N–H and O–H groups in total. The maximum absolute atomic E-state index is 12.3. The van der Waals surface area contributed by atoms with E-state index in [1.54, 1.807) is 18.0 Å². The molecule has 2 aromatic carbocycles. The average Bonchev–Trinajstić information content (AvgIpc) is 2.52. The SMILES string of the molecule is CN(CC(N)=O)CC(=O)N[C@H](c1ccccc1)c1cccc(Cl)c1. The van der Waals surface area contributed by atoms with E-state index in [-0.39, 0.29) is 25.0 Å². The largest absolute Gasteiger partial charge is 0.369 e. The Kier molecular flexibility index (Phi) is 6.35. The molecule has 0 fully saturated rings. The average molecular weight is 346 g/mol. The summed E-state index contributed by atoms with van der Waals surface area (Å²) in [6, 6.07) is 16.7. The van der Waals surface area contributed by atoms with E-state index >= 15 is 0 Å². The number of amides is 2. The number of hydrogen-bond donors (Lipinski definition) is 2. The number of carbonyl (C=O) groups is 2. The zero-order chi connectivity index (χ0) is 17.5. The number of benzene rings is 2. The van der Waals surface area contributed by atoms with E-state index < -0.39 is 5.91 Å². The van der Waals surface area contributed by atoms with Gasteiger partial charge in [-0.05, 0) is 30.3 Å². The molecule has 0 heterocycles. The van der Waals surface area contributed by atoms with E-state index in [0.717, 1.165) is 11.1 Å². The third-order valence-electron chi connectivity index (χ3n) is 3.46. The van der Waals surface area contributed by atoms with E-state index in [1.807, 2.05) is 48.5 Å². The normalized spacial score (nSPS) is 12.0. The second-order valence-electron chi connectivity index (χ2n) is 5.60. The molecule has 0 aliphatic heterocycles. The molecule has 6 heteroatoms. The van der Waals surface area contributed by atoms with Crippen LogP contribution in [0.3, 0.4) is 0 Å². The summed E-state index contributed by atoms with van der Waals surface area (Å²) < 4.78 is 0. The lowest BCUT2D eigenvalue weighted by Gasteiger charge is -2.22. The molecule has 0 spiro atoms. The predicted octanol–water partition coefficient (Wildman–Crippen LogP) is 1.96. The summed E-state index contributed by atoms with van der Waals surface area (Å²) >= 11 is 6.08. The number of carbonyl (C=O) groups excluding carboxylic acids is 2. The number of halogens is 1. The van der Waals surface area contributed by atoms with Gasteiger partial charge in [0.15, 0.2) is 0 Å². The first kappa shape index (κ1) is 18.0. The van der Waals surface area contributed by atoms with Crippen LogP contribution in [-0.2, 0) is 9.59 Å². The van der Waals surface area contributed by atoms with Crippen molar-refractivity contribution in [2.24, 2.45) is 5.73 Å².